The molecule has 2 saturated carbocycles. The Morgan fingerprint density at radius 2 is 2.19 bits per heavy atom. The van der Waals surface area contributed by atoms with Crippen LogP contribution in [-0.4, -0.2) is 16.1 Å². The maximum absolute atomic E-state index is 12.0. The molecule has 0 saturated heterocycles. The first-order valence-corrected chi connectivity index (χ1v) is 8.17. The van der Waals surface area contributed by atoms with Gasteiger partial charge in [-0.2, -0.15) is 0 Å². The number of aryl methyl sites for hydroxylation is 2. The summed E-state index contributed by atoms with van der Waals surface area (Å²) in [5.74, 6) is 1.69. The quantitative estimate of drug-likeness (QED) is 0.749. The van der Waals surface area contributed by atoms with Crippen LogP contribution in [0.3, 0.4) is 0 Å². The van der Waals surface area contributed by atoms with Crippen molar-refractivity contribution in [2.24, 2.45) is 11.8 Å². The molecule has 2 bridgehead atoms. The lowest BCUT2D eigenvalue weighted by Crippen LogP contribution is -2.44. The molecule has 3 N–H and O–H groups in total. The predicted molar refractivity (Wildman–Crippen MR) is 88.3 cm³/mol. The summed E-state index contributed by atoms with van der Waals surface area (Å²) in [6.45, 7) is 4.34. The summed E-state index contributed by atoms with van der Waals surface area (Å²) in [6.07, 6.45) is 5.33. The van der Waals surface area contributed by atoms with E-state index >= 15 is 0 Å². The molecule has 21 heavy (non-hydrogen) atoms. The predicted octanol–water partition coefficient (Wildman–Crippen LogP) is 2.14. The van der Waals surface area contributed by atoms with Crippen LogP contribution in [0, 0.1) is 25.7 Å². The van der Waals surface area contributed by atoms with Crippen LogP contribution in [0.15, 0.2) is 10.9 Å². The fourth-order valence-electron chi connectivity index (χ4n) is 3.91. The zero-order valence-corrected chi connectivity index (χ0v) is 13.5. The number of thiocarbonyl (C=S) groups is 1. The number of rotatable bonds is 3. The summed E-state index contributed by atoms with van der Waals surface area (Å²) >= 11 is 5.38. The first-order valence-electron chi connectivity index (χ1n) is 7.76. The second kappa shape index (κ2) is 5.79. The highest BCUT2D eigenvalue weighted by atomic mass is 32.1. The van der Waals surface area contributed by atoms with E-state index in [-0.39, 0.29) is 5.56 Å². The molecule has 3 atom stereocenters. The number of H-pyrrole nitrogens is 1. The Balaban J connectivity index is 1.56. The number of aromatic amines is 1. The number of aromatic nitrogens is 1. The van der Waals surface area contributed by atoms with Crippen LogP contribution >= 0.6 is 12.2 Å². The highest BCUT2D eigenvalue weighted by Crippen LogP contribution is 2.44. The Labute approximate surface area is 130 Å². The Kier molecular flexibility index (Phi) is 4.02. The van der Waals surface area contributed by atoms with E-state index < -0.39 is 0 Å². The van der Waals surface area contributed by atoms with E-state index in [2.05, 4.69) is 15.6 Å². The van der Waals surface area contributed by atoms with E-state index in [4.69, 9.17) is 12.2 Å². The van der Waals surface area contributed by atoms with Crippen molar-refractivity contribution in [3.63, 3.8) is 0 Å². The third-order valence-electron chi connectivity index (χ3n) is 4.97. The molecule has 0 spiro atoms. The van der Waals surface area contributed by atoms with Gasteiger partial charge in [0.25, 0.3) is 5.56 Å². The Bertz CT molecular complexity index is 610. The van der Waals surface area contributed by atoms with Crippen LogP contribution in [-0.2, 0) is 6.54 Å². The number of pyridine rings is 1. The molecule has 1 aromatic heterocycles. The normalized spacial score (nSPS) is 26.9. The molecule has 1 aromatic rings. The van der Waals surface area contributed by atoms with Gasteiger partial charge in [-0.05, 0) is 68.8 Å². The van der Waals surface area contributed by atoms with Crippen LogP contribution in [0.5, 0.6) is 0 Å². The first-order chi connectivity index (χ1) is 10.0. The van der Waals surface area contributed by atoms with Gasteiger partial charge in [0.1, 0.15) is 0 Å². The monoisotopic (exact) mass is 305 g/mol. The zero-order chi connectivity index (χ0) is 15.0. The van der Waals surface area contributed by atoms with Crippen molar-refractivity contribution in [3.8, 4) is 0 Å². The fraction of sp³-hybridized carbons (Fsp3) is 0.625. The van der Waals surface area contributed by atoms with Gasteiger partial charge in [0, 0.05) is 23.8 Å². The van der Waals surface area contributed by atoms with Crippen molar-refractivity contribution in [1.29, 1.82) is 0 Å². The fourth-order valence-corrected chi connectivity index (χ4v) is 4.13. The van der Waals surface area contributed by atoms with Gasteiger partial charge in [0.05, 0.1) is 0 Å². The van der Waals surface area contributed by atoms with Gasteiger partial charge in [-0.1, -0.05) is 6.42 Å². The Morgan fingerprint density at radius 3 is 2.81 bits per heavy atom. The summed E-state index contributed by atoms with van der Waals surface area (Å²) in [5, 5.41) is 7.30. The van der Waals surface area contributed by atoms with Gasteiger partial charge < -0.3 is 15.6 Å². The van der Waals surface area contributed by atoms with Crippen LogP contribution in [0.25, 0.3) is 0 Å². The lowest BCUT2D eigenvalue weighted by atomic mass is 9.96. The van der Waals surface area contributed by atoms with Crippen molar-refractivity contribution in [1.82, 2.24) is 15.6 Å². The lowest BCUT2D eigenvalue weighted by Gasteiger charge is -2.24. The highest BCUT2D eigenvalue weighted by molar-refractivity contribution is 7.80. The van der Waals surface area contributed by atoms with E-state index in [1.807, 2.05) is 19.9 Å². The summed E-state index contributed by atoms with van der Waals surface area (Å²) in [6, 6.07) is 2.52. The third-order valence-corrected chi connectivity index (χ3v) is 5.24. The van der Waals surface area contributed by atoms with E-state index in [0.29, 0.717) is 17.7 Å². The second-order valence-electron chi connectivity index (χ2n) is 6.55. The van der Waals surface area contributed by atoms with E-state index in [1.165, 1.54) is 25.7 Å². The molecular weight excluding hydrogens is 282 g/mol. The van der Waals surface area contributed by atoms with Gasteiger partial charge in [-0.25, -0.2) is 0 Å². The highest BCUT2D eigenvalue weighted by Gasteiger charge is 2.39. The van der Waals surface area contributed by atoms with Crippen molar-refractivity contribution < 1.29 is 0 Å². The average molecular weight is 305 g/mol. The smallest absolute Gasteiger partial charge is 0.253 e. The lowest BCUT2D eigenvalue weighted by molar-refractivity contribution is 0.389. The molecule has 0 aromatic carbocycles. The van der Waals surface area contributed by atoms with Gasteiger partial charge in [-0.3, -0.25) is 4.79 Å². The molecule has 0 aliphatic heterocycles. The molecule has 5 heteroatoms. The van der Waals surface area contributed by atoms with Crippen LogP contribution in [0.4, 0.5) is 0 Å². The molecule has 0 radical (unpaired) electrons. The topological polar surface area (TPSA) is 56.9 Å². The molecule has 2 aliphatic carbocycles. The standard InChI is InChI=1S/C16H23N3OS/c1-9-5-10(2)18-15(20)13(9)8-17-16(21)19-14-7-11-3-4-12(14)6-11/h5,11-12,14H,3-4,6-8H2,1-2H3,(H,18,20)(H2,17,19,21). The number of fused-ring (bicyclic) bond motifs is 2. The Hall–Kier alpha value is -1.36. The van der Waals surface area contributed by atoms with Gasteiger partial charge in [-0.15, -0.1) is 0 Å². The SMILES string of the molecule is Cc1cc(C)c(CNC(=S)NC2CC3CCC2C3)c(=O)[nH]1. The van der Waals surface area contributed by atoms with Crippen molar-refractivity contribution in [2.45, 2.75) is 52.1 Å². The minimum Gasteiger partial charge on any atom is -0.360 e. The minimum absolute atomic E-state index is 0.0253. The van der Waals surface area contributed by atoms with Gasteiger partial charge in [0.2, 0.25) is 0 Å². The maximum atomic E-state index is 12.0. The molecule has 4 nitrogen and oxygen atoms in total. The summed E-state index contributed by atoms with van der Waals surface area (Å²) < 4.78 is 0. The zero-order valence-electron chi connectivity index (χ0n) is 12.7. The molecule has 1 heterocycles. The largest absolute Gasteiger partial charge is 0.360 e. The van der Waals surface area contributed by atoms with Crippen LogP contribution in [0.1, 0.15) is 42.5 Å². The van der Waals surface area contributed by atoms with Gasteiger partial charge >= 0.3 is 0 Å². The van der Waals surface area contributed by atoms with E-state index in [1.54, 1.807) is 0 Å². The van der Waals surface area contributed by atoms with E-state index in [0.717, 1.165) is 28.7 Å². The summed E-state index contributed by atoms with van der Waals surface area (Å²) in [7, 11) is 0. The molecule has 2 aliphatic rings. The van der Waals surface area contributed by atoms with Crippen LogP contribution < -0.4 is 16.2 Å². The first kappa shape index (κ1) is 14.6. The van der Waals surface area contributed by atoms with Crippen molar-refractivity contribution >= 4 is 17.3 Å². The summed E-state index contributed by atoms with van der Waals surface area (Å²) in [4.78, 5) is 14.8. The second-order valence-corrected chi connectivity index (χ2v) is 6.96. The summed E-state index contributed by atoms with van der Waals surface area (Å²) in [5.41, 5.74) is 2.64. The third kappa shape index (κ3) is 3.12. The molecule has 0 amide bonds. The molecule has 3 rings (SSSR count). The molecular formula is C16H23N3OS. The van der Waals surface area contributed by atoms with Crippen molar-refractivity contribution in [2.75, 3.05) is 0 Å². The van der Waals surface area contributed by atoms with Crippen LogP contribution in [0.2, 0.25) is 0 Å². The molecule has 114 valence electrons. The number of nitrogens with one attached hydrogen (secondary N) is 3. The van der Waals surface area contributed by atoms with Crippen molar-refractivity contribution in [3.05, 3.63) is 33.2 Å². The molecule has 3 unspecified atom stereocenters. The maximum Gasteiger partial charge on any atom is 0.253 e. The minimum atomic E-state index is -0.0253. The van der Waals surface area contributed by atoms with E-state index in [9.17, 15) is 4.79 Å². The number of hydrogen-bond donors (Lipinski definition) is 3. The van der Waals surface area contributed by atoms with Gasteiger partial charge in [0.15, 0.2) is 5.11 Å². The molecule has 2 fully saturated rings. The number of hydrogen-bond acceptors (Lipinski definition) is 2. The average Bonchev–Trinajstić information content (AvgIpc) is 2.99. The Morgan fingerprint density at radius 1 is 1.38 bits per heavy atom.